The van der Waals surface area contributed by atoms with E-state index < -0.39 is 0 Å². The minimum absolute atomic E-state index is 0.0510. The molecule has 0 radical (unpaired) electrons. The summed E-state index contributed by atoms with van der Waals surface area (Å²) in [5.41, 5.74) is 0.944. The molecule has 1 aromatic heterocycles. The van der Waals surface area contributed by atoms with Crippen LogP contribution < -0.4 is 14.9 Å². The fourth-order valence-electron chi connectivity index (χ4n) is 2.69. The number of fused-ring (bicyclic) bond motifs is 1. The summed E-state index contributed by atoms with van der Waals surface area (Å²) in [5.74, 6) is 0.976. The molecule has 0 spiro atoms. The lowest BCUT2D eigenvalue weighted by Crippen LogP contribution is -2.05. The molecule has 0 atom stereocenters. The predicted molar refractivity (Wildman–Crippen MR) is 115 cm³/mol. The Hall–Kier alpha value is -2.66. The van der Waals surface area contributed by atoms with Crippen molar-refractivity contribution in [3.63, 3.8) is 0 Å². The van der Waals surface area contributed by atoms with Crippen molar-refractivity contribution in [2.24, 2.45) is 0 Å². The van der Waals surface area contributed by atoms with Gasteiger partial charge in [-0.05, 0) is 42.0 Å². The number of benzene rings is 3. The molecule has 146 valence electrons. The average Bonchev–Trinajstić information content (AvgIpc) is 2.72. The normalized spacial score (nSPS) is 10.9. The SMILES string of the molecule is O=c1c(Oc2ccccc2Cl)coc2cc(OCc3ccc(Cl)c(Cl)c3)ccc12. The minimum Gasteiger partial charge on any atom is -0.489 e. The fraction of sp³-hybridized carbons (Fsp3) is 0.0455. The summed E-state index contributed by atoms with van der Waals surface area (Å²) in [6.07, 6.45) is 1.26. The summed E-state index contributed by atoms with van der Waals surface area (Å²) in [6.45, 7) is 0.292. The van der Waals surface area contributed by atoms with Crippen LogP contribution in [0.25, 0.3) is 11.0 Å². The molecule has 0 saturated heterocycles. The summed E-state index contributed by atoms with van der Waals surface area (Å²) < 4.78 is 17.0. The Balaban J connectivity index is 1.56. The molecule has 0 aliphatic carbocycles. The van der Waals surface area contributed by atoms with Crippen LogP contribution in [0.3, 0.4) is 0 Å². The second-order valence-corrected chi connectivity index (χ2v) is 7.38. The third kappa shape index (κ3) is 4.35. The second-order valence-electron chi connectivity index (χ2n) is 6.16. The maximum Gasteiger partial charge on any atom is 0.235 e. The highest BCUT2D eigenvalue weighted by molar-refractivity contribution is 6.42. The van der Waals surface area contributed by atoms with Crippen molar-refractivity contribution in [2.75, 3.05) is 0 Å². The lowest BCUT2D eigenvalue weighted by Gasteiger charge is -2.09. The van der Waals surface area contributed by atoms with Crippen molar-refractivity contribution in [3.05, 3.63) is 97.8 Å². The van der Waals surface area contributed by atoms with Gasteiger partial charge in [-0.2, -0.15) is 0 Å². The van der Waals surface area contributed by atoms with Crippen molar-refractivity contribution in [3.8, 4) is 17.2 Å². The van der Waals surface area contributed by atoms with Gasteiger partial charge in [0.1, 0.15) is 30.0 Å². The van der Waals surface area contributed by atoms with Gasteiger partial charge in [0.2, 0.25) is 11.2 Å². The van der Waals surface area contributed by atoms with Crippen LogP contribution in [-0.4, -0.2) is 0 Å². The third-order valence-electron chi connectivity index (χ3n) is 4.16. The van der Waals surface area contributed by atoms with Gasteiger partial charge in [-0.15, -0.1) is 0 Å². The number of hydrogen-bond acceptors (Lipinski definition) is 4. The van der Waals surface area contributed by atoms with Crippen molar-refractivity contribution in [1.29, 1.82) is 0 Å². The van der Waals surface area contributed by atoms with Crippen LogP contribution in [0, 0.1) is 0 Å². The second kappa shape index (κ2) is 8.37. The summed E-state index contributed by atoms with van der Waals surface area (Å²) in [7, 11) is 0. The molecule has 3 aromatic carbocycles. The van der Waals surface area contributed by atoms with Crippen LogP contribution >= 0.6 is 34.8 Å². The molecule has 4 nitrogen and oxygen atoms in total. The van der Waals surface area contributed by atoms with E-state index in [2.05, 4.69) is 0 Å². The van der Waals surface area contributed by atoms with Gasteiger partial charge in [0.15, 0.2) is 0 Å². The van der Waals surface area contributed by atoms with E-state index in [4.69, 9.17) is 48.7 Å². The molecule has 0 unspecified atom stereocenters. The topological polar surface area (TPSA) is 48.7 Å². The summed E-state index contributed by atoms with van der Waals surface area (Å²) in [5, 5.41) is 1.72. The highest BCUT2D eigenvalue weighted by Gasteiger charge is 2.12. The first kappa shape index (κ1) is 19.6. The van der Waals surface area contributed by atoms with Gasteiger partial charge in [0, 0.05) is 6.07 Å². The molecule has 0 aliphatic heterocycles. The van der Waals surface area contributed by atoms with Gasteiger partial charge < -0.3 is 13.9 Å². The van der Waals surface area contributed by atoms with E-state index >= 15 is 0 Å². The number of para-hydroxylation sites is 1. The monoisotopic (exact) mass is 446 g/mol. The maximum atomic E-state index is 12.7. The van der Waals surface area contributed by atoms with Crippen molar-refractivity contribution in [1.82, 2.24) is 0 Å². The van der Waals surface area contributed by atoms with Crippen molar-refractivity contribution >= 4 is 45.8 Å². The molecule has 0 amide bonds. The molecule has 0 saturated carbocycles. The molecule has 0 bridgehead atoms. The van der Waals surface area contributed by atoms with Gasteiger partial charge in [0.05, 0.1) is 20.5 Å². The maximum absolute atomic E-state index is 12.7. The molecular weight excluding hydrogens is 435 g/mol. The first-order valence-corrected chi connectivity index (χ1v) is 9.69. The Morgan fingerprint density at radius 3 is 2.45 bits per heavy atom. The van der Waals surface area contributed by atoms with Gasteiger partial charge in [-0.25, -0.2) is 0 Å². The summed E-state index contributed by atoms with van der Waals surface area (Å²) in [4.78, 5) is 12.7. The molecule has 7 heteroatoms. The Bertz CT molecular complexity index is 1250. The average molecular weight is 448 g/mol. The molecule has 4 aromatic rings. The lowest BCUT2D eigenvalue weighted by molar-refractivity contribution is 0.306. The van der Waals surface area contributed by atoms with E-state index in [0.29, 0.717) is 44.1 Å². The first-order chi connectivity index (χ1) is 14.0. The van der Waals surface area contributed by atoms with Crippen molar-refractivity contribution in [2.45, 2.75) is 6.61 Å². The number of halogens is 3. The quantitative estimate of drug-likeness (QED) is 0.327. The highest BCUT2D eigenvalue weighted by Crippen LogP contribution is 2.29. The van der Waals surface area contributed by atoms with Crippen LogP contribution in [0.5, 0.6) is 17.2 Å². The van der Waals surface area contributed by atoms with Gasteiger partial charge in [-0.1, -0.05) is 53.0 Å². The van der Waals surface area contributed by atoms with E-state index in [1.807, 2.05) is 6.07 Å². The Kier molecular flexibility index (Phi) is 5.67. The number of hydrogen-bond donors (Lipinski definition) is 0. The Labute approximate surface area is 181 Å². The largest absolute Gasteiger partial charge is 0.489 e. The Morgan fingerprint density at radius 2 is 1.66 bits per heavy atom. The highest BCUT2D eigenvalue weighted by atomic mass is 35.5. The molecule has 0 fully saturated rings. The van der Waals surface area contributed by atoms with E-state index in [0.717, 1.165) is 5.56 Å². The molecule has 1 heterocycles. The summed E-state index contributed by atoms with van der Waals surface area (Å²) >= 11 is 18.0. The molecule has 4 rings (SSSR count). The van der Waals surface area contributed by atoms with E-state index in [1.54, 1.807) is 54.6 Å². The Morgan fingerprint density at radius 1 is 0.828 bits per heavy atom. The summed E-state index contributed by atoms with van der Waals surface area (Å²) in [6, 6.07) is 17.1. The number of ether oxygens (including phenoxy) is 2. The third-order valence-corrected chi connectivity index (χ3v) is 5.21. The van der Waals surface area contributed by atoms with Gasteiger partial charge in [0.25, 0.3) is 0 Å². The van der Waals surface area contributed by atoms with Crippen LogP contribution in [0.2, 0.25) is 15.1 Å². The standard InChI is InChI=1S/C22H13Cl3O4/c23-16-8-5-13(9-18(16)25)11-27-14-6-7-15-20(10-14)28-12-21(22(15)26)29-19-4-2-1-3-17(19)24/h1-10,12H,11H2. The van der Waals surface area contributed by atoms with E-state index in [1.165, 1.54) is 6.26 Å². The molecule has 0 N–H and O–H groups in total. The van der Waals surface area contributed by atoms with Crippen LogP contribution in [0.15, 0.2) is 76.1 Å². The zero-order chi connectivity index (χ0) is 20.4. The van der Waals surface area contributed by atoms with E-state index in [9.17, 15) is 4.79 Å². The number of rotatable bonds is 5. The fourth-order valence-corrected chi connectivity index (χ4v) is 3.19. The van der Waals surface area contributed by atoms with E-state index in [-0.39, 0.29) is 11.2 Å². The minimum atomic E-state index is -0.304. The molecular formula is C22H13Cl3O4. The van der Waals surface area contributed by atoms with Gasteiger partial charge in [-0.3, -0.25) is 4.79 Å². The zero-order valence-electron chi connectivity index (χ0n) is 14.8. The van der Waals surface area contributed by atoms with Crippen molar-refractivity contribution < 1.29 is 13.9 Å². The zero-order valence-corrected chi connectivity index (χ0v) is 17.1. The predicted octanol–water partition coefficient (Wildman–Crippen LogP) is 7.12. The smallest absolute Gasteiger partial charge is 0.235 e. The van der Waals surface area contributed by atoms with Gasteiger partial charge >= 0.3 is 0 Å². The lowest BCUT2D eigenvalue weighted by atomic mass is 10.2. The molecule has 29 heavy (non-hydrogen) atoms. The van der Waals surface area contributed by atoms with Crippen LogP contribution in [0.4, 0.5) is 0 Å². The van der Waals surface area contributed by atoms with Crippen LogP contribution in [0.1, 0.15) is 5.56 Å². The molecule has 0 aliphatic rings. The first-order valence-electron chi connectivity index (χ1n) is 8.56. The van der Waals surface area contributed by atoms with Crippen LogP contribution in [-0.2, 0) is 6.61 Å².